The van der Waals surface area contributed by atoms with Crippen molar-refractivity contribution < 1.29 is 35.9 Å². The maximum atomic E-state index is 13.6. The van der Waals surface area contributed by atoms with Crippen molar-refractivity contribution in [2.24, 2.45) is 5.10 Å². The van der Waals surface area contributed by atoms with Gasteiger partial charge in [-0.2, -0.15) is 26.3 Å². The summed E-state index contributed by atoms with van der Waals surface area (Å²) < 4.78 is 87.3. The molecule has 0 bridgehead atoms. The molecule has 2 aliphatic heterocycles. The van der Waals surface area contributed by atoms with Gasteiger partial charge in [0.1, 0.15) is 0 Å². The average Bonchev–Trinajstić information content (AvgIpc) is 3.54. The number of carbonyl (C=O) groups is 1. The Morgan fingerprint density at radius 1 is 1.02 bits per heavy atom. The first-order valence-corrected chi connectivity index (χ1v) is 13.3. The Morgan fingerprint density at radius 2 is 1.68 bits per heavy atom. The first-order valence-electron chi connectivity index (χ1n) is 13.3. The van der Waals surface area contributed by atoms with Gasteiger partial charge in [-0.25, -0.2) is 10.3 Å². The molecule has 0 aromatic heterocycles. The van der Waals surface area contributed by atoms with Crippen molar-refractivity contribution in [1.29, 1.82) is 0 Å². The highest BCUT2D eigenvalue weighted by atomic mass is 19.4. The maximum absolute atomic E-state index is 13.6. The van der Waals surface area contributed by atoms with Crippen molar-refractivity contribution in [1.82, 2.24) is 21.4 Å². The van der Waals surface area contributed by atoms with Gasteiger partial charge >= 0.3 is 18.4 Å². The molecule has 5 rings (SSSR count). The highest BCUT2D eigenvalue weighted by molar-refractivity contribution is 5.90. The molecule has 1 amide bonds. The lowest BCUT2D eigenvalue weighted by Crippen LogP contribution is -2.45. The van der Waals surface area contributed by atoms with Crippen molar-refractivity contribution in [3.8, 4) is 0 Å². The Hall–Kier alpha value is -3.68. The van der Waals surface area contributed by atoms with E-state index >= 15 is 0 Å². The number of amides is 1. The van der Waals surface area contributed by atoms with Gasteiger partial charge in [-0.15, -0.1) is 10.6 Å². The average molecular weight is 585 g/mol. The SMILES string of the molecule is CC(C)OC(=O)N1CCCC(N(Cc2cc(C(F)(F)F)cc(C(F)(F)F)c2)C2=NNNN2)c2cc3c(cc21)CCC3. The van der Waals surface area contributed by atoms with E-state index in [2.05, 4.69) is 21.6 Å². The smallest absolute Gasteiger partial charge is 0.416 e. The molecule has 0 saturated carbocycles. The quantitative estimate of drug-likeness (QED) is 0.395. The normalized spacial score (nSPS) is 18.7. The lowest BCUT2D eigenvalue weighted by atomic mass is 9.95. The number of hydrazine groups is 2. The molecular weight excluding hydrogens is 554 g/mol. The lowest BCUT2D eigenvalue weighted by Gasteiger charge is -2.34. The molecule has 0 spiro atoms. The summed E-state index contributed by atoms with van der Waals surface area (Å²) >= 11 is 0. The molecule has 3 N–H and O–H groups in total. The number of aryl methyl sites for hydroxylation is 2. The molecule has 0 saturated heterocycles. The minimum atomic E-state index is -4.97. The number of rotatable bonds is 4. The number of anilines is 1. The van der Waals surface area contributed by atoms with Gasteiger partial charge in [0.15, 0.2) is 0 Å². The van der Waals surface area contributed by atoms with Crippen LogP contribution in [0.1, 0.15) is 72.5 Å². The number of fused-ring (bicyclic) bond motifs is 2. The van der Waals surface area contributed by atoms with Gasteiger partial charge in [0.2, 0.25) is 5.96 Å². The number of hydrogen-bond acceptors (Lipinski definition) is 7. The number of carbonyl (C=O) groups excluding carboxylic acids is 1. The van der Waals surface area contributed by atoms with Gasteiger partial charge in [0, 0.05) is 13.1 Å². The minimum absolute atomic E-state index is 0.116. The van der Waals surface area contributed by atoms with E-state index in [0.717, 1.165) is 48.1 Å². The van der Waals surface area contributed by atoms with Crippen LogP contribution in [0.15, 0.2) is 35.4 Å². The highest BCUT2D eigenvalue weighted by Crippen LogP contribution is 2.42. The van der Waals surface area contributed by atoms with Gasteiger partial charge in [0.25, 0.3) is 0 Å². The molecule has 3 aliphatic rings. The summed E-state index contributed by atoms with van der Waals surface area (Å²) in [5, 5.41) is 4.14. The molecule has 2 aromatic carbocycles. The van der Waals surface area contributed by atoms with Crippen molar-refractivity contribution >= 4 is 17.7 Å². The third-order valence-corrected chi connectivity index (χ3v) is 7.35. The Balaban J connectivity index is 1.61. The highest BCUT2D eigenvalue weighted by Gasteiger charge is 2.39. The predicted molar refractivity (Wildman–Crippen MR) is 138 cm³/mol. The monoisotopic (exact) mass is 584 g/mol. The molecule has 14 heteroatoms. The molecule has 1 aliphatic carbocycles. The van der Waals surface area contributed by atoms with E-state index in [0.29, 0.717) is 25.1 Å². The summed E-state index contributed by atoms with van der Waals surface area (Å²) in [4.78, 5) is 16.3. The molecular formula is C27H30F6N6O2. The number of nitrogens with one attached hydrogen (secondary N) is 3. The summed E-state index contributed by atoms with van der Waals surface area (Å²) in [5.41, 5.74) is 8.48. The van der Waals surface area contributed by atoms with Crippen LogP contribution in [0.3, 0.4) is 0 Å². The van der Waals surface area contributed by atoms with Gasteiger partial charge in [-0.3, -0.25) is 10.3 Å². The maximum Gasteiger partial charge on any atom is 0.416 e. The Bertz CT molecular complexity index is 1310. The molecule has 8 nitrogen and oxygen atoms in total. The van der Waals surface area contributed by atoms with Crippen LogP contribution in [0.5, 0.6) is 0 Å². The zero-order chi connectivity index (χ0) is 29.5. The Morgan fingerprint density at radius 3 is 2.27 bits per heavy atom. The van der Waals surface area contributed by atoms with Crippen LogP contribution in [0.2, 0.25) is 0 Å². The van der Waals surface area contributed by atoms with Crippen LogP contribution in [0.25, 0.3) is 0 Å². The predicted octanol–water partition coefficient (Wildman–Crippen LogP) is 5.78. The second-order valence-corrected chi connectivity index (χ2v) is 10.6. The number of hydrazone groups is 1. The Labute approximate surface area is 232 Å². The lowest BCUT2D eigenvalue weighted by molar-refractivity contribution is -0.143. The first-order chi connectivity index (χ1) is 19.3. The van der Waals surface area contributed by atoms with Crippen molar-refractivity contribution in [3.05, 3.63) is 63.7 Å². The van der Waals surface area contributed by atoms with Crippen molar-refractivity contribution in [2.45, 2.75) is 77.0 Å². The zero-order valence-electron chi connectivity index (χ0n) is 22.4. The summed E-state index contributed by atoms with van der Waals surface area (Å²) in [5.74, 6) is 0.186. The van der Waals surface area contributed by atoms with E-state index in [-0.39, 0.29) is 30.2 Å². The summed E-state index contributed by atoms with van der Waals surface area (Å²) in [6.07, 6.45) is -7.25. The van der Waals surface area contributed by atoms with Crippen LogP contribution in [0, 0.1) is 0 Å². The fourth-order valence-electron chi connectivity index (χ4n) is 5.60. The van der Waals surface area contributed by atoms with E-state index in [1.165, 1.54) is 0 Å². The van der Waals surface area contributed by atoms with Gasteiger partial charge in [0.05, 0.1) is 29.0 Å². The van der Waals surface area contributed by atoms with Gasteiger partial charge < -0.3 is 9.64 Å². The Kier molecular flexibility index (Phi) is 7.70. The molecule has 0 radical (unpaired) electrons. The molecule has 1 unspecified atom stereocenters. The number of guanidine groups is 1. The number of hydrogen-bond donors (Lipinski definition) is 3. The molecule has 222 valence electrons. The second kappa shape index (κ2) is 11.0. The fourth-order valence-corrected chi connectivity index (χ4v) is 5.60. The van der Waals surface area contributed by atoms with E-state index in [1.54, 1.807) is 23.6 Å². The van der Waals surface area contributed by atoms with Crippen LogP contribution >= 0.6 is 0 Å². The topological polar surface area (TPSA) is 81.2 Å². The molecule has 2 heterocycles. The van der Waals surface area contributed by atoms with Crippen molar-refractivity contribution in [3.63, 3.8) is 0 Å². The number of benzene rings is 2. The molecule has 0 fully saturated rings. The van der Waals surface area contributed by atoms with Crippen LogP contribution in [-0.4, -0.2) is 29.6 Å². The fraction of sp³-hybridized carbons (Fsp3) is 0.481. The van der Waals surface area contributed by atoms with Crippen LogP contribution < -0.4 is 21.4 Å². The summed E-state index contributed by atoms with van der Waals surface area (Å²) in [6.45, 7) is 3.51. The van der Waals surface area contributed by atoms with E-state index < -0.39 is 35.6 Å². The van der Waals surface area contributed by atoms with Crippen LogP contribution in [0.4, 0.5) is 36.8 Å². The number of alkyl halides is 6. The van der Waals surface area contributed by atoms with Gasteiger partial charge in [-0.1, -0.05) is 6.07 Å². The van der Waals surface area contributed by atoms with E-state index in [4.69, 9.17) is 4.74 Å². The molecule has 1 atom stereocenters. The standard InChI is InChI=1S/C27H30F6N6O2/c1-15(2)41-25(40)38-8-4-7-22(21-11-17-5-3-6-18(17)12-23(21)38)39(24-34-36-37-35-24)14-16-9-19(26(28,29)30)13-20(10-16)27(31,32)33/h9-13,15,22,36-37H,3-8,14H2,1-2H3,(H,34,35). The zero-order valence-corrected chi connectivity index (χ0v) is 22.4. The summed E-state index contributed by atoms with van der Waals surface area (Å²) in [6, 6.07) is 4.99. The minimum Gasteiger partial charge on any atom is -0.446 e. The van der Waals surface area contributed by atoms with Gasteiger partial charge in [-0.05, 0) is 92.5 Å². The number of nitrogens with zero attached hydrogens (tertiary/aromatic N) is 3. The number of halogens is 6. The summed E-state index contributed by atoms with van der Waals surface area (Å²) in [7, 11) is 0. The second-order valence-electron chi connectivity index (χ2n) is 10.6. The first kappa shape index (κ1) is 28.8. The van der Waals surface area contributed by atoms with Crippen molar-refractivity contribution in [2.75, 3.05) is 11.4 Å². The third-order valence-electron chi connectivity index (χ3n) is 7.35. The van der Waals surface area contributed by atoms with E-state index in [1.807, 2.05) is 12.1 Å². The molecule has 41 heavy (non-hydrogen) atoms. The molecule has 2 aromatic rings. The largest absolute Gasteiger partial charge is 0.446 e. The third kappa shape index (κ3) is 6.16. The van der Waals surface area contributed by atoms with E-state index in [9.17, 15) is 31.1 Å². The van der Waals surface area contributed by atoms with Crippen LogP contribution in [-0.2, 0) is 36.5 Å². The number of ether oxygens (including phenoxy) is 1.